The van der Waals surface area contributed by atoms with E-state index < -0.39 is 0 Å². The summed E-state index contributed by atoms with van der Waals surface area (Å²) in [7, 11) is 0. The zero-order valence-electron chi connectivity index (χ0n) is 20.3. The normalized spacial score (nSPS) is 15.8. The van der Waals surface area contributed by atoms with Gasteiger partial charge in [0.2, 0.25) is 5.91 Å². The van der Waals surface area contributed by atoms with Gasteiger partial charge in [0.05, 0.1) is 18.8 Å². The van der Waals surface area contributed by atoms with Gasteiger partial charge in [-0.15, -0.1) is 11.3 Å². The Balaban J connectivity index is 1.83. The van der Waals surface area contributed by atoms with Crippen molar-refractivity contribution in [3.05, 3.63) is 51.9 Å². The van der Waals surface area contributed by atoms with E-state index in [0.717, 1.165) is 42.6 Å². The molecule has 1 heterocycles. The number of carbonyl (C=O) groups is 2. The van der Waals surface area contributed by atoms with Gasteiger partial charge in [0.25, 0.3) is 0 Å². The van der Waals surface area contributed by atoms with Crippen LogP contribution in [-0.2, 0) is 22.4 Å². The number of ether oxygens (including phenoxy) is 2. The Hall–Kier alpha value is -2.60. The summed E-state index contributed by atoms with van der Waals surface area (Å²) in [6, 6.07) is 7.63. The van der Waals surface area contributed by atoms with Crippen molar-refractivity contribution in [2.24, 2.45) is 11.3 Å². The van der Waals surface area contributed by atoms with E-state index in [-0.39, 0.29) is 17.3 Å². The molecule has 1 aliphatic rings. The van der Waals surface area contributed by atoms with Crippen molar-refractivity contribution in [1.29, 1.82) is 0 Å². The number of thiophene rings is 1. The lowest BCUT2D eigenvalue weighted by Gasteiger charge is -2.33. The lowest BCUT2D eigenvalue weighted by Crippen LogP contribution is -2.26. The first-order valence-corrected chi connectivity index (χ1v) is 12.6. The van der Waals surface area contributed by atoms with Gasteiger partial charge in [-0.25, -0.2) is 4.79 Å². The highest BCUT2D eigenvalue weighted by atomic mass is 32.1. The van der Waals surface area contributed by atoms with Gasteiger partial charge in [-0.3, -0.25) is 4.79 Å². The van der Waals surface area contributed by atoms with Gasteiger partial charge >= 0.3 is 5.97 Å². The van der Waals surface area contributed by atoms with Crippen LogP contribution in [0.15, 0.2) is 30.3 Å². The van der Waals surface area contributed by atoms with Gasteiger partial charge in [0, 0.05) is 16.5 Å². The predicted molar refractivity (Wildman–Crippen MR) is 135 cm³/mol. The maximum atomic E-state index is 12.8. The smallest absolute Gasteiger partial charge is 0.341 e. The molecule has 6 heteroatoms. The maximum Gasteiger partial charge on any atom is 0.341 e. The number of anilines is 1. The van der Waals surface area contributed by atoms with Crippen LogP contribution >= 0.6 is 11.3 Å². The van der Waals surface area contributed by atoms with E-state index in [2.05, 4.69) is 33.0 Å². The fraction of sp³-hybridized carbons (Fsp3) is 0.481. The van der Waals surface area contributed by atoms with Crippen molar-refractivity contribution in [2.45, 2.75) is 60.3 Å². The fourth-order valence-corrected chi connectivity index (χ4v) is 5.43. The first-order valence-electron chi connectivity index (χ1n) is 11.8. The van der Waals surface area contributed by atoms with Crippen LogP contribution in [0.4, 0.5) is 5.00 Å². The monoisotopic (exact) mass is 469 g/mol. The first kappa shape index (κ1) is 25.0. The average Bonchev–Trinajstić information content (AvgIpc) is 3.13. The van der Waals surface area contributed by atoms with E-state index >= 15 is 0 Å². The van der Waals surface area contributed by atoms with Crippen molar-refractivity contribution in [1.82, 2.24) is 0 Å². The second-order valence-electron chi connectivity index (χ2n) is 9.44. The van der Waals surface area contributed by atoms with Crippen LogP contribution < -0.4 is 10.1 Å². The molecule has 1 N–H and O–H groups in total. The summed E-state index contributed by atoms with van der Waals surface area (Å²) in [6.45, 7) is 11.6. The van der Waals surface area contributed by atoms with E-state index in [1.165, 1.54) is 22.3 Å². The lowest BCUT2D eigenvalue weighted by molar-refractivity contribution is -0.111. The third-order valence-electron chi connectivity index (χ3n) is 6.00. The summed E-state index contributed by atoms with van der Waals surface area (Å²) in [4.78, 5) is 26.8. The number of nitrogens with one attached hydrogen (secondary N) is 1. The molecule has 1 amide bonds. The summed E-state index contributed by atoms with van der Waals surface area (Å²) < 4.78 is 11.1. The third kappa shape index (κ3) is 6.26. The second-order valence-corrected chi connectivity index (χ2v) is 10.5. The minimum Gasteiger partial charge on any atom is -0.493 e. The second kappa shape index (κ2) is 11.0. The van der Waals surface area contributed by atoms with Crippen LogP contribution in [0.5, 0.6) is 5.75 Å². The Morgan fingerprint density at radius 1 is 1.21 bits per heavy atom. The molecule has 1 aliphatic carbocycles. The number of esters is 1. The molecule has 0 aliphatic heterocycles. The van der Waals surface area contributed by atoms with E-state index in [4.69, 9.17) is 9.47 Å². The molecule has 0 fully saturated rings. The third-order valence-corrected chi connectivity index (χ3v) is 7.17. The summed E-state index contributed by atoms with van der Waals surface area (Å²) in [5.74, 6) is 0.649. The Morgan fingerprint density at radius 3 is 2.67 bits per heavy atom. The number of hydrogen-bond acceptors (Lipinski definition) is 5. The number of rotatable bonds is 8. The van der Waals surface area contributed by atoms with Crippen LogP contribution in [-0.4, -0.2) is 25.1 Å². The van der Waals surface area contributed by atoms with Crippen LogP contribution in [0.1, 0.15) is 73.8 Å². The van der Waals surface area contributed by atoms with Crippen molar-refractivity contribution < 1.29 is 19.1 Å². The molecule has 0 spiro atoms. The van der Waals surface area contributed by atoms with Crippen molar-refractivity contribution in [3.63, 3.8) is 0 Å². The van der Waals surface area contributed by atoms with Crippen LogP contribution in [0.3, 0.4) is 0 Å². The number of benzene rings is 1. The van der Waals surface area contributed by atoms with Gasteiger partial charge in [-0.2, -0.15) is 0 Å². The number of para-hydroxylation sites is 1. The summed E-state index contributed by atoms with van der Waals surface area (Å²) in [5, 5.41) is 3.53. The molecule has 3 rings (SSSR count). The number of hydrogen-bond donors (Lipinski definition) is 1. The maximum absolute atomic E-state index is 12.8. The Morgan fingerprint density at radius 2 is 1.97 bits per heavy atom. The SMILES string of the molecule is CCCOc1ccccc1/C=C/C(=O)Nc1sc2c(c1C(=O)OCC)CCC(C(C)(C)C)C2. The number of fused-ring (bicyclic) bond motifs is 1. The fourth-order valence-electron chi connectivity index (χ4n) is 4.11. The highest BCUT2D eigenvalue weighted by Gasteiger charge is 2.34. The highest BCUT2D eigenvalue weighted by molar-refractivity contribution is 7.17. The van der Waals surface area contributed by atoms with Crippen LogP contribution in [0.25, 0.3) is 6.08 Å². The molecule has 1 unspecified atom stereocenters. The summed E-state index contributed by atoms with van der Waals surface area (Å²) >= 11 is 1.51. The molecule has 5 nitrogen and oxygen atoms in total. The molecule has 1 atom stereocenters. The molecule has 1 aromatic heterocycles. The van der Waals surface area contributed by atoms with Gasteiger partial charge < -0.3 is 14.8 Å². The zero-order valence-corrected chi connectivity index (χ0v) is 21.1. The average molecular weight is 470 g/mol. The standard InChI is InChI=1S/C27H35NO4S/c1-6-16-32-21-11-9-8-10-18(21)12-15-23(29)28-25-24(26(30)31-7-2)20-14-13-19(27(3,4)5)17-22(20)33-25/h8-12,15,19H,6-7,13-14,16-17H2,1-5H3,(H,28,29)/b15-12+. The van der Waals surface area contributed by atoms with Gasteiger partial charge in [-0.05, 0) is 61.6 Å². The van der Waals surface area contributed by atoms with Crippen LogP contribution in [0.2, 0.25) is 0 Å². The predicted octanol–water partition coefficient (Wildman–Crippen LogP) is 6.52. The quantitative estimate of drug-likeness (QED) is 0.353. The van der Waals surface area contributed by atoms with Crippen LogP contribution in [0, 0.1) is 11.3 Å². The Labute approximate surface area is 201 Å². The molecular weight excluding hydrogens is 434 g/mol. The largest absolute Gasteiger partial charge is 0.493 e. The molecule has 0 radical (unpaired) electrons. The molecule has 0 bridgehead atoms. The molecule has 33 heavy (non-hydrogen) atoms. The van der Waals surface area contributed by atoms with Crippen molar-refractivity contribution >= 4 is 34.3 Å². The van der Waals surface area contributed by atoms with E-state index in [0.29, 0.717) is 29.7 Å². The molecule has 178 valence electrons. The van der Waals surface area contributed by atoms with E-state index in [1.54, 1.807) is 13.0 Å². The first-order chi connectivity index (χ1) is 15.7. The van der Waals surface area contributed by atoms with Gasteiger partial charge in [0.15, 0.2) is 0 Å². The molecule has 0 saturated heterocycles. The molecule has 0 saturated carbocycles. The minimum atomic E-state index is -0.359. The van der Waals surface area contributed by atoms with Gasteiger partial charge in [-0.1, -0.05) is 45.9 Å². The Kier molecular flexibility index (Phi) is 8.35. The summed E-state index contributed by atoms with van der Waals surface area (Å²) in [5.41, 5.74) is 2.60. The Bertz CT molecular complexity index is 1020. The molecule has 1 aromatic carbocycles. The van der Waals surface area contributed by atoms with Crippen molar-refractivity contribution in [3.8, 4) is 5.75 Å². The summed E-state index contributed by atoms with van der Waals surface area (Å²) in [6.07, 6.45) is 6.92. The minimum absolute atomic E-state index is 0.200. The van der Waals surface area contributed by atoms with E-state index in [9.17, 15) is 9.59 Å². The highest BCUT2D eigenvalue weighted by Crippen LogP contribution is 2.44. The molecular formula is C27H35NO4S. The number of amides is 1. The lowest BCUT2D eigenvalue weighted by atomic mass is 9.72. The van der Waals surface area contributed by atoms with Gasteiger partial charge in [0.1, 0.15) is 10.8 Å². The topological polar surface area (TPSA) is 64.6 Å². The number of carbonyl (C=O) groups excluding carboxylic acids is 2. The molecule has 2 aromatic rings. The van der Waals surface area contributed by atoms with E-state index in [1.807, 2.05) is 24.3 Å². The van der Waals surface area contributed by atoms with Crippen molar-refractivity contribution in [2.75, 3.05) is 18.5 Å². The zero-order chi connectivity index (χ0) is 24.0.